The van der Waals surface area contributed by atoms with Gasteiger partial charge >= 0.3 is 12.1 Å². The van der Waals surface area contributed by atoms with Gasteiger partial charge in [0.2, 0.25) is 5.88 Å². The fraction of sp³-hybridized carbons (Fsp3) is 0.441. The number of carbonyl (C=O) groups is 2. The number of rotatable bonds is 13. The van der Waals surface area contributed by atoms with Crippen LogP contribution in [0.5, 0.6) is 11.6 Å². The van der Waals surface area contributed by atoms with Crippen molar-refractivity contribution in [3.8, 4) is 11.6 Å². The number of aryl methyl sites for hydroxylation is 1. The summed E-state index contributed by atoms with van der Waals surface area (Å²) in [5.41, 5.74) is 5.59. The molecular formula is C34H42N2O6. The minimum atomic E-state index is -1.38. The molecule has 0 aliphatic heterocycles. The lowest BCUT2D eigenvalue weighted by molar-refractivity contribution is -0.137. The minimum Gasteiger partial charge on any atom is -0.489 e. The third-order valence-corrected chi connectivity index (χ3v) is 7.81. The van der Waals surface area contributed by atoms with Crippen molar-refractivity contribution in [1.29, 1.82) is 0 Å². The number of nitrogens with zero attached hydrogens (tertiary/aromatic N) is 2. The van der Waals surface area contributed by atoms with Gasteiger partial charge in [-0.25, -0.2) is 9.78 Å². The minimum absolute atomic E-state index is 0.0917. The molecule has 2 aromatic carbocycles. The molecule has 1 aliphatic carbocycles. The number of aromatic nitrogens is 1. The summed E-state index contributed by atoms with van der Waals surface area (Å²) >= 11 is 0. The number of hydrogen-bond donors (Lipinski definition) is 2. The maximum atomic E-state index is 11.1. The van der Waals surface area contributed by atoms with Crippen molar-refractivity contribution in [2.75, 3.05) is 13.1 Å². The van der Waals surface area contributed by atoms with Gasteiger partial charge in [0.05, 0.1) is 0 Å². The van der Waals surface area contributed by atoms with Gasteiger partial charge in [-0.05, 0) is 78.8 Å². The standard InChI is InChI=1S/C34H42N2O6/c1-34(2,3)26-16-14-24(15-17-26)23-41-30-12-5-4-9-25(30)20-22-36(21-7-6-13-32(37)38)29-11-8-10-28-27(29)18-19-31(35-28)42-33(39)40/h4-5,9,12,14-19,29H,6-8,10-11,13,20-23H2,1-3H3,(H,37,38)(H,39,40). The number of carboxylic acid groups (broad SMARTS) is 2. The number of benzene rings is 2. The first kappa shape index (κ1) is 31.0. The SMILES string of the molecule is CC(C)(C)c1ccc(COc2ccccc2CCN(CCCCC(=O)O)C2CCCc3nc(OC(=O)O)ccc32)cc1. The van der Waals surface area contributed by atoms with E-state index in [-0.39, 0.29) is 23.8 Å². The molecule has 1 aliphatic rings. The predicted octanol–water partition coefficient (Wildman–Crippen LogP) is 7.19. The van der Waals surface area contributed by atoms with Crippen LogP contribution in [0.3, 0.4) is 0 Å². The second-order valence-corrected chi connectivity index (χ2v) is 11.9. The third kappa shape index (κ3) is 8.79. The average molecular weight is 575 g/mol. The average Bonchev–Trinajstić information content (AvgIpc) is 2.95. The van der Waals surface area contributed by atoms with E-state index in [9.17, 15) is 9.59 Å². The molecule has 0 fully saturated rings. The summed E-state index contributed by atoms with van der Waals surface area (Å²) < 4.78 is 11.1. The zero-order valence-electron chi connectivity index (χ0n) is 24.8. The molecule has 3 aromatic rings. The molecule has 0 saturated heterocycles. The summed E-state index contributed by atoms with van der Waals surface area (Å²) in [5.74, 6) is 0.178. The molecule has 0 amide bonds. The molecule has 8 nitrogen and oxygen atoms in total. The molecule has 42 heavy (non-hydrogen) atoms. The van der Waals surface area contributed by atoms with Crippen LogP contribution in [0, 0.1) is 0 Å². The first-order chi connectivity index (χ1) is 20.1. The summed E-state index contributed by atoms with van der Waals surface area (Å²) in [7, 11) is 0. The molecule has 1 aromatic heterocycles. The van der Waals surface area contributed by atoms with E-state index in [1.165, 1.54) is 5.56 Å². The zero-order chi connectivity index (χ0) is 30.1. The summed E-state index contributed by atoms with van der Waals surface area (Å²) in [6.07, 6.45) is 3.59. The van der Waals surface area contributed by atoms with Crippen LogP contribution >= 0.6 is 0 Å². The summed E-state index contributed by atoms with van der Waals surface area (Å²) in [5, 5.41) is 18.1. The van der Waals surface area contributed by atoms with E-state index in [1.807, 2.05) is 24.3 Å². The molecule has 2 N–H and O–H groups in total. The molecule has 0 spiro atoms. The van der Waals surface area contributed by atoms with E-state index in [0.29, 0.717) is 13.0 Å². The number of carboxylic acids is 1. The number of hydrogen-bond acceptors (Lipinski definition) is 6. The molecule has 0 bridgehead atoms. The highest BCUT2D eigenvalue weighted by molar-refractivity contribution is 5.66. The largest absolute Gasteiger partial charge is 0.512 e. The second-order valence-electron chi connectivity index (χ2n) is 11.9. The van der Waals surface area contributed by atoms with Gasteiger partial charge in [0, 0.05) is 30.8 Å². The quantitative estimate of drug-likeness (QED) is 0.163. The fourth-order valence-corrected chi connectivity index (χ4v) is 5.53. The summed E-state index contributed by atoms with van der Waals surface area (Å²) in [4.78, 5) is 29.0. The Morgan fingerprint density at radius 1 is 0.976 bits per heavy atom. The highest BCUT2D eigenvalue weighted by Gasteiger charge is 2.27. The van der Waals surface area contributed by atoms with Gasteiger partial charge < -0.3 is 19.7 Å². The van der Waals surface area contributed by atoms with Crippen LogP contribution in [-0.2, 0) is 29.7 Å². The highest BCUT2D eigenvalue weighted by Crippen LogP contribution is 2.35. The van der Waals surface area contributed by atoms with E-state index in [1.54, 1.807) is 6.07 Å². The van der Waals surface area contributed by atoms with Crippen LogP contribution in [0.1, 0.15) is 86.9 Å². The van der Waals surface area contributed by atoms with Gasteiger partial charge in [0.15, 0.2) is 0 Å². The lowest BCUT2D eigenvalue weighted by Crippen LogP contribution is -2.34. The summed E-state index contributed by atoms with van der Waals surface area (Å²) in [6.45, 7) is 8.63. The molecule has 1 unspecified atom stereocenters. The Balaban J connectivity index is 1.47. The van der Waals surface area contributed by atoms with E-state index < -0.39 is 12.1 Å². The smallest absolute Gasteiger partial charge is 0.489 e. The fourth-order valence-electron chi connectivity index (χ4n) is 5.53. The molecule has 4 rings (SSSR count). The van der Waals surface area contributed by atoms with Crippen molar-refractivity contribution < 1.29 is 29.3 Å². The van der Waals surface area contributed by atoms with E-state index in [2.05, 4.69) is 61.0 Å². The lowest BCUT2D eigenvalue weighted by atomic mass is 9.87. The first-order valence-corrected chi connectivity index (χ1v) is 14.8. The van der Waals surface area contributed by atoms with Gasteiger partial charge in [0.1, 0.15) is 12.4 Å². The van der Waals surface area contributed by atoms with Crippen molar-refractivity contribution in [2.45, 2.75) is 83.8 Å². The lowest BCUT2D eigenvalue weighted by Gasteiger charge is -2.36. The van der Waals surface area contributed by atoms with Crippen LogP contribution in [0.25, 0.3) is 0 Å². The van der Waals surface area contributed by atoms with Gasteiger partial charge in [-0.3, -0.25) is 9.69 Å². The number of ether oxygens (including phenoxy) is 2. The predicted molar refractivity (Wildman–Crippen MR) is 161 cm³/mol. The highest BCUT2D eigenvalue weighted by atomic mass is 16.7. The van der Waals surface area contributed by atoms with Crippen molar-refractivity contribution in [1.82, 2.24) is 9.88 Å². The Labute approximate surface area is 248 Å². The maximum Gasteiger partial charge on any atom is 0.512 e. The van der Waals surface area contributed by atoms with E-state index in [4.69, 9.17) is 19.7 Å². The Morgan fingerprint density at radius 3 is 2.45 bits per heavy atom. The Bertz CT molecular complexity index is 1350. The monoisotopic (exact) mass is 574 g/mol. The first-order valence-electron chi connectivity index (χ1n) is 14.8. The number of unbranched alkanes of at least 4 members (excludes halogenated alkanes) is 1. The number of aliphatic carboxylic acids is 1. The normalized spacial score (nSPS) is 14.8. The maximum absolute atomic E-state index is 11.1. The van der Waals surface area contributed by atoms with Crippen LogP contribution in [-0.4, -0.2) is 45.3 Å². The van der Waals surface area contributed by atoms with E-state index in [0.717, 1.165) is 73.3 Å². The Kier molecular flexibility index (Phi) is 10.6. The topological polar surface area (TPSA) is 109 Å². The summed E-state index contributed by atoms with van der Waals surface area (Å²) in [6, 6.07) is 20.4. The van der Waals surface area contributed by atoms with Crippen LogP contribution in [0.15, 0.2) is 60.7 Å². The molecule has 0 radical (unpaired) electrons. The molecular weight excluding hydrogens is 532 g/mol. The number of para-hydroxylation sites is 1. The van der Waals surface area contributed by atoms with Gasteiger partial charge in [-0.15, -0.1) is 0 Å². The van der Waals surface area contributed by atoms with Crippen LogP contribution in [0.4, 0.5) is 4.79 Å². The third-order valence-electron chi connectivity index (χ3n) is 7.81. The van der Waals surface area contributed by atoms with Gasteiger partial charge in [-0.1, -0.05) is 69.3 Å². The molecule has 0 saturated carbocycles. The van der Waals surface area contributed by atoms with Crippen molar-refractivity contribution in [3.05, 3.63) is 88.6 Å². The molecule has 224 valence electrons. The van der Waals surface area contributed by atoms with Crippen molar-refractivity contribution in [2.24, 2.45) is 0 Å². The molecule has 1 heterocycles. The van der Waals surface area contributed by atoms with Crippen LogP contribution < -0.4 is 9.47 Å². The Morgan fingerprint density at radius 2 is 1.74 bits per heavy atom. The van der Waals surface area contributed by atoms with Crippen LogP contribution in [0.2, 0.25) is 0 Å². The second kappa shape index (κ2) is 14.3. The van der Waals surface area contributed by atoms with Gasteiger partial charge in [0.25, 0.3) is 0 Å². The number of fused-ring (bicyclic) bond motifs is 1. The number of pyridine rings is 1. The zero-order valence-corrected chi connectivity index (χ0v) is 24.8. The van der Waals surface area contributed by atoms with E-state index >= 15 is 0 Å². The van der Waals surface area contributed by atoms with Crippen molar-refractivity contribution >= 4 is 12.1 Å². The Hall–Kier alpha value is -3.91. The van der Waals surface area contributed by atoms with Crippen molar-refractivity contribution in [3.63, 3.8) is 0 Å². The molecule has 1 atom stereocenters. The van der Waals surface area contributed by atoms with Gasteiger partial charge in [-0.2, -0.15) is 0 Å². The molecule has 8 heteroatoms.